The van der Waals surface area contributed by atoms with E-state index in [2.05, 4.69) is 14.9 Å². The third-order valence-electron chi connectivity index (χ3n) is 4.25. The molecule has 8 heteroatoms. The number of nitrogens with zero attached hydrogens (tertiary/aromatic N) is 4. The Kier molecular flexibility index (Phi) is 4.44. The molecule has 0 radical (unpaired) electrons. The molecule has 0 bridgehead atoms. The first-order chi connectivity index (χ1) is 10.1. The Bertz CT molecular complexity index is 587. The number of piperidine rings is 1. The summed E-state index contributed by atoms with van der Waals surface area (Å²) < 4.78 is 26.8. The van der Waals surface area contributed by atoms with E-state index in [0.29, 0.717) is 19.1 Å². The minimum absolute atomic E-state index is 0.0579. The van der Waals surface area contributed by atoms with Crippen LogP contribution in [-0.2, 0) is 10.0 Å². The van der Waals surface area contributed by atoms with Gasteiger partial charge in [0.05, 0.1) is 12.4 Å². The van der Waals surface area contributed by atoms with Crippen molar-refractivity contribution in [3.63, 3.8) is 0 Å². The highest BCUT2D eigenvalue weighted by molar-refractivity contribution is 7.89. The average Bonchev–Trinajstić information content (AvgIpc) is 3.02. The van der Waals surface area contributed by atoms with Gasteiger partial charge < -0.3 is 0 Å². The second kappa shape index (κ2) is 6.16. The first-order valence-electron chi connectivity index (χ1n) is 7.29. The van der Waals surface area contributed by atoms with Gasteiger partial charge >= 0.3 is 0 Å². The highest BCUT2D eigenvalue weighted by Gasteiger charge is 2.33. The number of likely N-dealkylation sites (tertiary alicyclic amines) is 1. The number of halogens is 1. The average molecular weight is 331 g/mol. The molecular formula is C13H19ClN4O2S. The van der Waals surface area contributed by atoms with Crippen molar-refractivity contribution in [2.24, 2.45) is 0 Å². The molecule has 0 saturated carbocycles. The van der Waals surface area contributed by atoms with Crippen LogP contribution in [-0.4, -0.2) is 59.8 Å². The van der Waals surface area contributed by atoms with Gasteiger partial charge in [-0.25, -0.2) is 18.4 Å². The third-order valence-corrected chi connectivity index (χ3v) is 6.26. The van der Waals surface area contributed by atoms with Gasteiger partial charge in [-0.05, 0) is 50.4 Å². The maximum atomic E-state index is 12.6. The summed E-state index contributed by atoms with van der Waals surface area (Å²) in [6.45, 7) is 3.30. The molecule has 0 aromatic carbocycles. The summed E-state index contributed by atoms with van der Waals surface area (Å²) in [4.78, 5) is 10.1. The van der Waals surface area contributed by atoms with Gasteiger partial charge in [0, 0.05) is 19.1 Å². The van der Waals surface area contributed by atoms with Gasteiger partial charge in [-0.3, -0.25) is 4.90 Å². The normalized spacial score (nSPS) is 25.3. The molecule has 1 aromatic heterocycles. The van der Waals surface area contributed by atoms with Crippen molar-refractivity contribution in [1.82, 2.24) is 19.2 Å². The second-order valence-electron chi connectivity index (χ2n) is 5.59. The van der Waals surface area contributed by atoms with Crippen LogP contribution in [0.2, 0.25) is 5.28 Å². The van der Waals surface area contributed by atoms with E-state index in [9.17, 15) is 8.42 Å². The topological polar surface area (TPSA) is 66.4 Å². The van der Waals surface area contributed by atoms with Gasteiger partial charge in [0.25, 0.3) is 0 Å². The summed E-state index contributed by atoms with van der Waals surface area (Å²) in [5, 5.41) is 0.0579. The van der Waals surface area contributed by atoms with Crippen LogP contribution in [0.4, 0.5) is 0 Å². The quantitative estimate of drug-likeness (QED) is 0.783. The first kappa shape index (κ1) is 15.1. The predicted octanol–water partition coefficient (Wildman–Crippen LogP) is 1.38. The van der Waals surface area contributed by atoms with E-state index in [-0.39, 0.29) is 10.2 Å². The van der Waals surface area contributed by atoms with Crippen LogP contribution in [0.15, 0.2) is 17.3 Å². The third kappa shape index (κ3) is 3.21. The standard InChI is InChI=1S/C13H19ClN4O2S/c14-13-15-8-12(9-16-13)21(19,20)18-7-3-4-11(10-18)17-5-1-2-6-17/h8-9,11H,1-7,10H2. The van der Waals surface area contributed by atoms with Gasteiger partial charge in [0.2, 0.25) is 15.3 Å². The van der Waals surface area contributed by atoms with Crippen molar-refractivity contribution in [2.45, 2.75) is 36.6 Å². The molecule has 2 fully saturated rings. The fourth-order valence-electron chi connectivity index (χ4n) is 3.13. The SMILES string of the molecule is O=S(=O)(c1cnc(Cl)nc1)N1CCCC(N2CCCC2)C1. The van der Waals surface area contributed by atoms with Crippen LogP contribution in [0.5, 0.6) is 0 Å². The van der Waals surface area contributed by atoms with Gasteiger partial charge in [-0.15, -0.1) is 0 Å². The van der Waals surface area contributed by atoms with E-state index in [1.807, 2.05) is 0 Å². The van der Waals surface area contributed by atoms with Gasteiger partial charge in [-0.2, -0.15) is 4.31 Å². The Morgan fingerprint density at radius 3 is 2.43 bits per heavy atom. The van der Waals surface area contributed by atoms with Crippen molar-refractivity contribution in [1.29, 1.82) is 0 Å². The molecule has 3 heterocycles. The van der Waals surface area contributed by atoms with Crippen molar-refractivity contribution >= 4 is 21.6 Å². The summed E-state index contributed by atoms with van der Waals surface area (Å²) in [5.41, 5.74) is 0. The molecule has 21 heavy (non-hydrogen) atoms. The molecule has 6 nitrogen and oxygen atoms in total. The van der Waals surface area contributed by atoms with Crippen LogP contribution in [0.1, 0.15) is 25.7 Å². The molecular weight excluding hydrogens is 312 g/mol. The summed E-state index contributed by atoms with van der Waals surface area (Å²) in [5.74, 6) is 0. The lowest BCUT2D eigenvalue weighted by Gasteiger charge is -2.36. The maximum Gasteiger partial charge on any atom is 0.246 e. The molecule has 2 aliphatic heterocycles. The molecule has 0 N–H and O–H groups in total. The van der Waals surface area contributed by atoms with Crippen LogP contribution in [0.3, 0.4) is 0 Å². The van der Waals surface area contributed by atoms with Crippen LogP contribution < -0.4 is 0 Å². The van der Waals surface area contributed by atoms with Crippen LogP contribution in [0, 0.1) is 0 Å². The molecule has 0 aliphatic carbocycles. The molecule has 0 amide bonds. The monoisotopic (exact) mass is 330 g/mol. The number of sulfonamides is 1. The Balaban J connectivity index is 1.76. The van der Waals surface area contributed by atoms with E-state index >= 15 is 0 Å². The Hall–Kier alpha value is -0.760. The maximum absolute atomic E-state index is 12.6. The van der Waals surface area contributed by atoms with Crippen molar-refractivity contribution in [3.05, 3.63) is 17.7 Å². The molecule has 2 saturated heterocycles. The predicted molar refractivity (Wildman–Crippen MR) is 79.6 cm³/mol. The van der Waals surface area contributed by atoms with Crippen molar-refractivity contribution in [2.75, 3.05) is 26.2 Å². The fourth-order valence-corrected chi connectivity index (χ4v) is 4.63. The smallest absolute Gasteiger partial charge is 0.246 e. The minimum atomic E-state index is -3.52. The number of hydrogen-bond acceptors (Lipinski definition) is 5. The zero-order chi connectivity index (χ0) is 14.9. The highest BCUT2D eigenvalue weighted by Crippen LogP contribution is 2.24. The molecule has 3 rings (SSSR count). The minimum Gasteiger partial charge on any atom is -0.299 e. The van der Waals surface area contributed by atoms with Crippen LogP contribution in [0.25, 0.3) is 0 Å². The lowest BCUT2D eigenvalue weighted by atomic mass is 10.1. The number of rotatable bonds is 3. The van der Waals surface area contributed by atoms with Gasteiger partial charge in [0.15, 0.2) is 0 Å². The Morgan fingerprint density at radius 1 is 1.10 bits per heavy atom. The molecule has 1 atom stereocenters. The molecule has 2 aliphatic rings. The highest BCUT2D eigenvalue weighted by atomic mass is 35.5. The van der Waals surface area contributed by atoms with Gasteiger partial charge in [0.1, 0.15) is 4.90 Å². The van der Waals surface area contributed by atoms with E-state index in [4.69, 9.17) is 11.6 Å². The molecule has 1 aromatic rings. The summed E-state index contributed by atoms with van der Waals surface area (Å²) >= 11 is 5.62. The molecule has 0 spiro atoms. The Morgan fingerprint density at radius 2 is 1.76 bits per heavy atom. The summed E-state index contributed by atoms with van der Waals surface area (Å²) in [7, 11) is -3.52. The van der Waals surface area contributed by atoms with Crippen molar-refractivity contribution in [3.8, 4) is 0 Å². The Labute approximate surface area is 130 Å². The van der Waals surface area contributed by atoms with E-state index in [1.54, 1.807) is 4.31 Å². The number of aromatic nitrogens is 2. The molecule has 116 valence electrons. The second-order valence-corrected chi connectivity index (χ2v) is 7.87. The largest absolute Gasteiger partial charge is 0.299 e. The number of hydrogen-bond donors (Lipinski definition) is 0. The molecule has 1 unspecified atom stereocenters. The lowest BCUT2D eigenvalue weighted by molar-refractivity contribution is 0.162. The van der Waals surface area contributed by atoms with E-state index in [1.165, 1.54) is 25.2 Å². The summed E-state index contributed by atoms with van der Waals surface area (Å²) in [6, 6.07) is 0.337. The van der Waals surface area contributed by atoms with Crippen LogP contribution >= 0.6 is 11.6 Å². The lowest BCUT2D eigenvalue weighted by Crippen LogP contribution is -2.48. The summed E-state index contributed by atoms with van der Waals surface area (Å²) in [6.07, 6.45) is 6.97. The zero-order valence-corrected chi connectivity index (χ0v) is 13.4. The first-order valence-corrected chi connectivity index (χ1v) is 9.11. The van der Waals surface area contributed by atoms with Crippen molar-refractivity contribution < 1.29 is 8.42 Å². The zero-order valence-electron chi connectivity index (χ0n) is 11.8. The van der Waals surface area contributed by atoms with Gasteiger partial charge in [-0.1, -0.05) is 0 Å². The van der Waals surface area contributed by atoms with E-state index in [0.717, 1.165) is 25.9 Å². The van der Waals surface area contributed by atoms with E-state index < -0.39 is 10.0 Å². The fraction of sp³-hybridized carbons (Fsp3) is 0.692.